The third-order valence-corrected chi connectivity index (χ3v) is 4.77. The third kappa shape index (κ3) is 7.46. The van der Waals surface area contributed by atoms with E-state index in [9.17, 15) is 4.79 Å². The van der Waals surface area contributed by atoms with Crippen LogP contribution in [0.15, 0.2) is 29.3 Å². The van der Waals surface area contributed by atoms with Crippen molar-refractivity contribution in [3.05, 3.63) is 29.8 Å². The maximum Gasteiger partial charge on any atom is 0.221 e. The average molecular weight is 376 g/mol. The van der Waals surface area contributed by atoms with Crippen LogP contribution in [-0.4, -0.2) is 56.6 Å². The van der Waals surface area contributed by atoms with E-state index < -0.39 is 0 Å². The van der Waals surface area contributed by atoms with Gasteiger partial charge in [0, 0.05) is 19.6 Å². The van der Waals surface area contributed by atoms with Gasteiger partial charge in [0.2, 0.25) is 5.91 Å². The molecule has 27 heavy (non-hydrogen) atoms. The Hall–Kier alpha value is -2.28. The Morgan fingerprint density at radius 2 is 2.11 bits per heavy atom. The number of guanidine groups is 1. The zero-order valence-electron chi connectivity index (χ0n) is 16.5. The van der Waals surface area contributed by atoms with E-state index in [1.54, 1.807) is 7.11 Å². The standard InChI is InChI=1S/C20H33N5O2/c1-3-22-20(24-14-16-7-9-18(27-2)10-8-16)23-11-5-13-25-12-4-6-17(15-25)19(21)26/h7-10,17H,3-6,11-15H2,1-2H3,(H2,21,26)(H2,22,23,24). The van der Waals surface area contributed by atoms with E-state index in [1.807, 2.05) is 24.3 Å². The molecule has 1 amide bonds. The number of piperidine rings is 1. The lowest BCUT2D eigenvalue weighted by atomic mass is 9.97. The number of amides is 1. The van der Waals surface area contributed by atoms with E-state index in [4.69, 9.17) is 10.5 Å². The topological polar surface area (TPSA) is 92.0 Å². The van der Waals surface area contributed by atoms with Crippen molar-refractivity contribution >= 4 is 11.9 Å². The van der Waals surface area contributed by atoms with Crippen LogP contribution < -0.4 is 21.1 Å². The number of carbonyl (C=O) groups excluding carboxylic acids is 1. The van der Waals surface area contributed by atoms with E-state index in [0.29, 0.717) is 6.54 Å². The van der Waals surface area contributed by atoms with Crippen LogP contribution in [0.4, 0.5) is 0 Å². The van der Waals surface area contributed by atoms with Gasteiger partial charge in [-0.1, -0.05) is 12.1 Å². The molecule has 0 bridgehead atoms. The molecule has 0 saturated carbocycles. The summed E-state index contributed by atoms with van der Waals surface area (Å²) in [4.78, 5) is 18.3. The summed E-state index contributed by atoms with van der Waals surface area (Å²) < 4.78 is 5.18. The van der Waals surface area contributed by atoms with Crippen LogP contribution in [0.1, 0.15) is 31.7 Å². The lowest BCUT2D eigenvalue weighted by Gasteiger charge is -2.31. The molecule has 1 aliphatic rings. The van der Waals surface area contributed by atoms with Gasteiger partial charge in [-0.05, 0) is 57.0 Å². The fraction of sp³-hybridized carbons (Fsp3) is 0.600. The highest BCUT2D eigenvalue weighted by molar-refractivity contribution is 5.79. The molecule has 7 heteroatoms. The number of carbonyl (C=O) groups is 1. The minimum absolute atomic E-state index is 0.00934. The highest BCUT2D eigenvalue weighted by Gasteiger charge is 2.23. The number of hydrogen-bond acceptors (Lipinski definition) is 4. The van der Waals surface area contributed by atoms with Gasteiger partial charge in [0.1, 0.15) is 5.75 Å². The number of hydrogen-bond donors (Lipinski definition) is 3. The number of methoxy groups -OCH3 is 1. The fourth-order valence-electron chi connectivity index (χ4n) is 3.24. The summed E-state index contributed by atoms with van der Waals surface area (Å²) in [6, 6.07) is 7.95. The number of nitrogens with one attached hydrogen (secondary N) is 2. The van der Waals surface area contributed by atoms with Gasteiger partial charge in [-0.2, -0.15) is 0 Å². The molecular formula is C20H33N5O2. The summed E-state index contributed by atoms with van der Waals surface area (Å²) in [5.41, 5.74) is 6.58. The van der Waals surface area contributed by atoms with Crippen LogP contribution in [0, 0.1) is 5.92 Å². The first kappa shape index (κ1) is 21.0. The summed E-state index contributed by atoms with van der Waals surface area (Å²) in [5, 5.41) is 6.66. The molecule has 4 N–H and O–H groups in total. The Kier molecular flexibility index (Phi) is 8.91. The van der Waals surface area contributed by atoms with E-state index in [0.717, 1.165) is 69.3 Å². The molecule has 1 fully saturated rings. The molecule has 7 nitrogen and oxygen atoms in total. The van der Waals surface area contributed by atoms with Gasteiger partial charge in [0.05, 0.1) is 19.6 Å². The molecule has 0 radical (unpaired) electrons. The monoisotopic (exact) mass is 375 g/mol. The van der Waals surface area contributed by atoms with Crippen LogP contribution in [0.25, 0.3) is 0 Å². The molecule has 1 aliphatic heterocycles. The van der Waals surface area contributed by atoms with Crippen molar-refractivity contribution in [3.63, 3.8) is 0 Å². The summed E-state index contributed by atoms with van der Waals surface area (Å²) in [7, 11) is 1.66. The maximum atomic E-state index is 11.4. The number of nitrogens with zero attached hydrogens (tertiary/aromatic N) is 2. The van der Waals surface area contributed by atoms with Crippen LogP contribution >= 0.6 is 0 Å². The summed E-state index contributed by atoms with van der Waals surface area (Å²) in [5.74, 6) is 1.51. The summed E-state index contributed by atoms with van der Waals surface area (Å²) in [6.07, 6.45) is 2.97. The molecule has 2 rings (SSSR count). The van der Waals surface area contributed by atoms with Crippen molar-refractivity contribution in [3.8, 4) is 5.75 Å². The summed E-state index contributed by atoms with van der Waals surface area (Å²) >= 11 is 0. The lowest BCUT2D eigenvalue weighted by molar-refractivity contribution is -0.123. The third-order valence-electron chi connectivity index (χ3n) is 4.77. The first-order valence-electron chi connectivity index (χ1n) is 9.79. The Morgan fingerprint density at radius 3 is 2.78 bits per heavy atom. The van der Waals surface area contributed by atoms with E-state index in [-0.39, 0.29) is 11.8 Å². The number of nitrogens with two attached hydrogens (primary N) is 1. The first-order chi connectivity index (χ1) is 13.1. The van der Waals surface area contributed by atoms with Crippen LogP contribution in [0.3, 0.4) is 0 Å². The summed E-state index contributed by atoms with van der Waals surface area (Å²) in [6.45, 7) is 7.14. The fourth-order valence-corrected chi connectivity index (χ4v) is 3.24. The number of primary amides is 1. The smallest absolute Gasteiger partial charge is 0.221 e. The molecular weight excluding hydrogens is 342 g/mol. The lowest BCUT2D eigenvalue weighted by Crippen LogP contribution is -2.43. The largest absolute Gasteiger partial charge is 0.497 e. The SMILES string of the molecule is CCNC(=NCc1ccc(OC)cc1)NCCCN1CCCC(C(N)=O)C1. The van der Waals surface area contributed by atoms with Crippen LogP contribution in [0.2, 0.25) is 0 Å². The van der Waals surface area contributed by atoms with Crippen LogP contribution in [0.5, 0.6) is 5.75 Å². The quantitative estimate of drug-likeness (QED) is 0.344. The molecule has 0 aliphatic carbocycles. The average Bonchev–Trinajstić information content (AvgIpc) is 2.69. The predicted octanol–water partition coefficient (Wildman–Crippen LogP) is 1.34. The zero-order valence-corrected chi connectivity index (χ0v) is 16.5. The number of ether oxygens (including phenoxy) is 1. The van der Waals surface area contributed by atoms with E-state index >= 15 is 0 Å². The van der Waals surface area contributed by atoms with E-state index in [1.165, 1.54) is 0 Å². The van der Waals surface area contributed by atoms with Crippen molar-refractivity contribution in [2.24, 2.45) is 16.6 Å². The van der Waals surface area contributed by atoms with Crippen molar-refractivity contribution < 1.29 is 9.53 Å². The normalized spacial score (nSPS) is 18.1. The first-order valence-corrected chi connectivity index (χ1v) is 9.79. The van der Waals surface area contributed by atoms with Gasteiger partial charge in [0.15, 0.2) is 5.96 Å². The minimum atomic E-state index is -0.169. The Morgan fingerprint density at radius 1 is 1.33 bits per heavy atom. The molecule has 1 heterocycles. The second-order valence-electron chi connectivity index (χ2n) is 6.87. The number of aliphatic imine (C=N–C) groups is 1. The second-order valence-corrected chi connectivity index (χ2v) is 6.87. The van der Waals surface area contributed by atoms with Crippen molar-refractivity contribution in [2.75, 3.05) is 39.8 Å². The Balaban J connectivity index is 1.74. The molecule has 1 saturated heterocycles. The number of rotatable bonds is 9. The van der Waals surface area contributed by atoms with Gasteiger partial charge in [0.25, 0.3) is 0 Å². The van der Waals surface area contributed by atoms with Gasteiger partial charge in [-0.3, -0.25) is 4.79 Å². The molecule has 0 spiro atoms. The van der Waals surface area contributed by atoms with Crippen molar-refractivity contribution in [1.29, 1.82) is 0 Å². The molecule has 1 unspecified atom stereocenters. The number of likely N-dealkylation sites (tertiary alicyclic amines) is 1. The Bertz CT molecular complexity index is 603. The van der Waals surface area contributed by atoms with Crippen molar-refractivity contribution in [2.45, 2.75) is 32.7 Å². The molecule has 0 aromatic heterocycles. The van der Waals surface area contributed by atoms with Gasteiger partial charge in [-0.25, -0.2) is 4.99 Å². The van der Waals surface area contributed by atoms with Gasteiger partial charge in [-0.15, -0.1) is 0 Å². The Labute approximate surface area is 162 Å². The molecule has 150 valence electrons. The van der Waals surface area contributed by atoms with E-state index in [2.05, 4.69) is 27.4 Å². The highest BCUT2D eigenvalue weighted by atomic mass is 16.5. The number of benzene rings is 1. The minimum Gasteiger partial charge on any atom is -0.497 e. The van der Waals surface area contributed by atoms with Gasteiger partial charge >= 0.3 is 0 Å². The predicted molar refractivity (Wildman–Crippen MR) is 109 cm³/mol. The zero-order chi connectivity index (χ0) is 19.5. The highest BCUT2D eigenvalue weighted by Crippen LogP contribution is 2.16. The molecule has 1 aromatic carbocycles. The van der Waals surface area contributed by atoms with Crippen LogP contribution in [-0.2, 0) is 11.3 Å². The maximum absolute atomic E-state index is 11.4. The second kappa shape index (κ2) is 11.4. The van der Waals surface area contributed by atoms with Crippen molar-refractivity contribution in [1.82, 2.24) is 15.5 Å². The molecule has 1 aromatic rings. The molecule has 1 atom stereocenters. The van der Waals surface area contributed by atoms with Gasteiger partial charge < -0.3 is 26.0 Å².